The average Bonchev–Trinajstić information content (AvgIpc) is 2.67. The molecule has 5 heteroatoms. The van der Waals surface area contributed by atoms with Gasteiger partial charge in [0.1, 0.15) is 5.75 Å². The zero-order chi connectivity index (χ0) is 18.2. The van der Waals surface area contributed by atoms with E-state index in [4.69, 9.17) is 4.74 Å². The number of methoxy groups -OCH3 is 1. The molecule has 0 aliphatic carbocycles. The highest BCUT2D eigenvalue weighted by molar-refractivity contribution is 5.94. The van der Waals surface area contributed by atoms with Crippen molar-refractivity contribution in [3.63, 3.8) is 0 Å². The molecule has 1 aliphatic rings. The number of hydrogen-bond acceptors (Lipinski definition) is 3. The van der Waals surface area contributed by atoms with Crippen molar-refractivity contribution in [1.82, 2.24) is 9.80 Å². The van der Waals surface area contributed by atoms with Crippen LogP contribution in [0, 0.1) is 5.92 Å². The molecule has 138 valence electrons. The van der Waals surface area contributed by atoms with Gasteiger partial charge in [-0.2, -0.15) is 0 Å². The lowest BCUT2D eigenvalue weighted by molar-refractivity contribution is -0.137. The van der Waals surface area contributed by atoms with Gasteiger partial charge in [-0.3, -0.25) is 9.59 Å². The summed E-state index contributed by atoms with van der Waals surface area (Å²) in [5, 5.41) is 0. The minimum Gasteiger partial charge on any atom is -0.497 e. The Morgan fingerprint density at radius 1 is 1.16 bits per heavy atom. The summed E-state index contributed by atoms with van der Waals surface area (Å²) in [6.45, 7) is 7.14. The topological polar surface area (TPSA) is 49.9 Å². The second kappa shape index (κ2) is 9.44. The Hall–Kier alpha value is -2.04. The Morgan fingerprint density at radius 3 is 2.36 bits per heavy atom. The number of carbonyl (C=O) groups excluding carboxylic acids is 2. The third kappa shape index (κ3) is 4.97. The molecule has 0 bridgehead atoms. The molecule has 1 fully saturated rings. The molecule has 1 aromatic rings. The average molecular weight is 346 g/mol. The van der Waals surface area contributed by atoms with Crippen LogP contribution in [0.15, 0.2) is 24.3 Å². The standard InChI is InChI=1S/C20H30N2O3/c1-4-11-21(12-5-2)19(23)16-9-13-22(14-10-16)20(24)17-7-6-8-18(15-17)25-3/h6-8,15-16H,4-5,9-14H2,1-3H3. The van der Waals surface area contributed by atoms with E-state index >= 15 is 0 Å². The number of carbonyl (C=O) groups is 2. The fourth-order valence-corrected chi connectivity index (χ4v) is 3.40. The van der Waals surface area contributed by atoms with E-state index in [-0.39, 0.29) is 17.7 Å². The first-order valence-corrected chi connectivity index (χ1v) is 9.32. The SMILES string of the molecule is CCCN(CCC)C(=O)C1CCN(C(=O)c2cccc(OC)c2)CC1. The van der Waals surface area contributed by atoms with Crippen LogP contribution in [0.4, 0.5) is 0 Å². The quantitative estimate of drug-likeness (QED) is 0.762. The van der Waals surface area contributed by atoms with Crippen molar-refractivity contribution in [2.75, 3.05) is 33.3 Å². The zero-order valence-corrected chi connectivity index (χ0v) is 15.7. The first-order chi connectivity index (χ1) is 12.1. The van der Waals surface area contributed by atoms with Crippen molar-refractivity contribution in [3.8, 4) is 5.75 Å². The van der Waals surface area contributed by atoms with Gasteiger partial charge in [-0.05, 0) is 43.9 Å². The summed E-state index contributed by atoms with van der Waals surface area (Å²) >= 11 is 0. The number of hydrogen-bond donors (Lipinski definition) is 0. The van der Waals surface area contributed by atoms with Crippen molar-refractivity contribution in [2.24, 2.45) is 5.92 Å². The molecule has 0 saturated carbocycles. The summed E-state index contributed by atoms with van der Waals surface area (Å²) in [6, 6.07) is 7.24. The van der Waals surface area contributed by atoms with E-state index < -0.39 is 0 Å². The van der Waals surface area contributed by atoms with Gasteiger partial charge < -0.3 is 14.5 Å². The molecule has 0 spiro atoms. The van der Waals surface area contributed by atoms with Crippen molar-refractivity contribution in [3.05, 3.63) is 29.8 Å². The highest BCUT2D eigenvalue weighted by Crippen LogP contribution is 2.22. The van der Waals surface area contributed by atoms with Crippen molar-refractivity contribution >= 4 is 11.8 Å². The predicted molar refractivity (Wildman–Crippen MR) is 98.8 cm³/mol. The van der Waals surface area contributed by atoms with Crippen LogP contribution in [0.1, 0.15) is 49.9 Å². The molecule has 0 atom stereocenters. The third-order valence-electron chi connectivity index (χ3n) is 4.75. The van der Waals surface area contributed by atoms with Crippen LogP contribution in [-0.2, 0) is 4.79 Å². The maximum atomic E-state index is 12.7. The second-order valence-corrected chi connectivity index (χ2v) is 6.62. The molecule has 1 aliphatic heterocycles. The minimum absolute atomic E-state index is 0.0174. The Bertz CT molecular complexity index is 574. The number of piperidine rings is 1. The molecule has 0 N–H and O–H groups in total. The Balaban J connectivity index is 1.94. The van der Waals surface area contributed by atoms with Gasteiger partial charge in [0.05, 0.1) is 7.11 Å². The third-order valence-corrected chi connectivity index (χ3v) is 4.75. The van der Waals surface area contributed by atoms with E-state index in [1.54, 1.807) is 13.2 Å². The van der Waals surface area contributed by atoms with Crippen LogP contribution in [0.25, 0.3) is 0 Å². The van der Waals surface area contributed by atoms with E-state index in [1.807, 2.05) is 28.0 Å². The number of nitrogens with zero attached hydrogens (tertiary/aromatic N) is 2. The van der Waals surface area contributed by atoms with Crippen LogP contribution in [0.3, 0.4) is 0 Å². The summed E-state index contributed by atoms with van der Waals surface area (Å²) in [5.41, 5.74) is 0.641. The van der Waals surface area contributed by atoms with Gasteiger partial charge >= 0.3 is 0 Å². The van der Waals surface area contributed by atoms with Gasteiger partial charge in [0.15, 0.2) is 0 Å². The van der Waals surface area contributed by atoms with Gasteiger partial charge in [0.25, 0.3) is 5.91 Å². The molecule has 5 nitrogen and oxygen atoms in total. The summed E-state index contributed by atoms with van der Waals surface area (Å²) in [4.78, 5) is 29.2. The Morgan fingerprint density at radius 2 is 1.80 bits per heavy atom. The minimum atomic E-state index is 0.0174. The van der Waals surface area contributed by atoms with Gasteiger partial charge in [-0.25, -0.2) is 0 Å². The van der Waals surface area contributed by atoms with E-state index in [9.17, 15) is 9.59 Å². The zero-order valence-electron chi connectivity index (χ0n) is 15.7. The van der Waals surface area contributed by atoms with Crippen LogP contribution < -0.4 is 4.74 Å². The normalized spacial score (nSPS) is 15.1. The number of ether oxygens (including phenoxy) is 1. The van der Waals surface area contributed by atoms with E-state index in [1.165, 1.54) is 0 Å². The first kappa shape index (κ1) is 19.3. The molecule has 2 rings (SSSR count). The lowest BCUT2D eigenvalue weighted by atomic mass is 9.94. The molecule has 0 radical (unpaired) electrons. The monoisotopic (exact) mass is 346 g/mol. The van der Waals surface area contributed by atoms with Crippen molar-refractivity contribution in [1.29, 1.82) is 0 Å². The Labute approximate surface area is 150 Å². The van der Waals surface area contributed by atoms with Crippen LogP contribution in [0.5, 0.6) is 5.75 Å². The second-order valence-electron chi connectivity index (χ2n) is 6.62. The molecule has 2 amide bonds. The smallest absolute Gasteiger partial charge is 0.253 e. The van der Waals surface area contributed by atoms with Gasteiger partial charge in [0, 0.05) is 37.7 Å². The predicted octanol–water partition coefficient (Wildman–Crippen LogP) is 3.20. The van der Waals surface area contributed by atoms with Gasteiger partial charge in [-0.1, -0.05) is 19.9 Å². The van der Waals surface area contributed by atoms with Crippen molar-refractivity contribution < 1.29 is 14.3 Å². The molecule has 25 heavy (non-hydrogen) atoms. The van der Waals surface area contributed by atoms with Crippen LogP contribution in [-0.4, -0.2) is 54.9 Å². The highest BCUT2D eigenvalue weighted by Gasteiger charge is 2.30. The maximum Gasteiger partial charge on any atom is 0.253 e. The fraction of sp³-hybridized carbons (Fsp3) is 0.600. The lowest BCUT2D eigenvalue weighted by Gasteiger charge is -2.34. The molecule has 1 heterocycles. The molecular formula is C20H30N2O3. The molecule has 1 saturated heterocycles. The summed E-state index contributed by atoms with van der Waals surface area (Å²) in [6.07, 6.45) is 3.47. The fourth-order valence-electron chi connectivity index (χ4n) is 3.40. The maximum absolute atomic E-state index is 12.7. The lowest BCUT2D eigenvalue weighted by Crippen LogP contribution is -2.44. The summed E-state index contributed by atoms with van der Waals surface area (Å²) in [7, 11) is 1.60. The Kier molecular flexibility index (Phi) is 7.29. The number of benzene rings is 1. The van der Waals surface area contributed by atoms with Crippen LogP contribution in [0.2, 0.25) is 0 Å². The summed E-state index contributed by atoms with van der Waals surface area (Å²) < 4.78 is 5.19. The number of likely N-dealkylation sites (tertiary alicyclic amines) is 1. The van der Waals surface area contributed by atoms with Gasteiger partial charge in [0.2, 0.25) is 5.91 Å². The number of rotatable bonds is 7. The van der Waals surface area contributed by atoms with Gasteiger partial charge in [-0.15, -0.1) is 0 Å². The first-order valence-electron chi connectivity index (χ1n) is 9.32. The summed E-state index contributed by atoms with van der Waals surface area (Å²) in [5.74, 6) is 1.01. The molecule has 1 aromatic carbocycles. The highest BCUT2D eigenvalue weighted by atomic mass is 16.5. The largest absolute Gasteiger partial charge is 0.497 e. The van der Waals surface area contributed by atoms with E-state index in [0.717, 1.165) is 38.8 Å². The number of amides is 2. The van der Waals surface area contributed by atoms with Crippen LogP contribution >= 0.6 is 0 Å². The molecule has 0 unspecified atom stereocenters. The van der Waals surface area contributed by atoms with E-state index in [2.05, 4.69) is 13.8 Å². The molecule has 0 aromatic heterocycles. The van der Waals surface area contributed by atoms with Crippen molar-refractivity contribution in [2.45, 2.75) is 39.5 Å². The molecular weight excluding hydrogens is 316 g/mol. The van der Waals surface area contributed by atoms with E-state index in [0.29, 0.717) is 24.4 Å².